The van der Waals surface area contributed by atoms with Crippen LogP contribution in [-0.4, -0.2) is 44.1 Å². The van der Waals surface area contributed by atoms with Crippen LogP contribution in [0.2, 0.25) is 0 Å². The summed E-state index contributed by atoms with van der Waals surface area (Å²) in [5, 5.41) is 0. The van der Waals surface area contributed by atoms with E-state index in [9.17, 15) is 18.0 Å². The number of hydrogen-bond acceptors (Lipinski definition) is 6. The van der Waals surface area contributed by atoms with Crippen molar-refractivity contribution >= 4 is 21.9 Å². The van der Waals surface area contributed by atoms with E-state index >= 15 is 0 Å². The van der Waals surface area contributed by atoms with Crippen LogP contribution in [0.4, 0.5) is 0 Å². The second kappa shape index (κ2) is 5.79. The maximum absolute atomic E-state index is 11.1. The van der Waals surface area contributed by atoms with Gasteiger partial charge in [-0.1, -0.05) is 0 Å². The number of carbonyl (C=O) groups excluding carboxylic acids is 2. The van der Waals surface area contributed by atoms with Crippen molar-refractivity contribution in [3.63, 3.8) is 0 Å². The van der Waals surface area contributed by atoms with Gasteiger partial charge in [-0.3, -0.25) is 14.1 Å². The van der Waals surface area contributed by atoms with E-state index < -0.39 is 33.5 Å². The van der Waals surface area contributed by atoms with E-state index in [1.807, 2.05) is 0 Å². The van der Waals surface area contributed by atoms with Gasteiger partial charge in [0.05, 0.1) is 25.3 Å². The smallest absolute Gasteiger partial charge is 0.310 e. The molecule has 8 heteroatoms. The van der Waals surface area contributed by atoms with Gasteiger partial charge in [0.25, 0.3) is 10.1 Å². The van der Waals surface area contributed by atoms with Gasteiger partial charge in [-0.2, -0.15) is 8.42 Å². The number of methoxy groups -OCH3 is 1. The van der Waals surface area contributed by atoms with Crippen LogP contribution in [0.3, 0.4) is 0 Å². The predicted molar refractivity (Wildman–Crippen MR) is 50.6 cm³/mol. The Morgan fingerprint density at radius 1 is 1.47 bits per heavy atom. The van der Waals surface area contributed by atoms with Crippen molar-refractivity contribution in [2.45, 2.75) is 6.42 Å². The van der Waals surface area contributed by atoms with Gasteiger partial charge in [-0.15, -0.1) is 0 Å². The molecular weight excluding hydrogens is 226 g/mol. The lowest BCUT2D eigenvalue weighted by atomic mass is 10.1. The molecule has 0 rings (SSSR count). The molecule has 0 radical (unpaired) electrons. The maximum Gasteiger partial charge on any atom is 0.310 e. The molecule has 0 aliphatic carbocycles. The molecule has 0 fully saturated rings. The van der Waals surface area contributed by atoms with Crippen molar-refractivity contribution in [2.75, 3.05) is 19.4 Å². The van der Waals surface area contributed by atoms with Gasteiger partial charge in [0.2, 0.25) is 0 Å². The molecule has 1 unspecified atom stereocenters. The summed E-state index contributed by atoms with van der Waals surface area (Å²) in [5.74, 6) is -3.39. The van der Waals surface area contributed by atoms with Crippen molar-refractivity contribution < 1.29 is 27.3 Å². The first-order valence-corrected chi connectivity index (χ1v) is 5.65. The first-order chi connectivity index (χ1) is 6.80. The summed E-state index contributed by atoms with van der Waals surface area (Å²) in [6.45, 7) is -0.293. The summed E-state index contributed by atoms with van der Waals surface area (Å²) in [7, 11) is -3.26. The minimum Gasteiger partial charge on any atom is -0.469 e. The number of ether oxygens (including phenoxy) is 1. The fraction of sp³-hybridized carbons (Fsp3) is 0.714. The molecule has 88 valence electrons. The molecule has 7 nitrogen and oxygen atoms in total. The van der Waals surface area contributed by atoms with Gasteiger partial charge in [-0.25, -0.2) is 0 Å². The Hall–Kier alpha value is -0.990. The molecule has 0 saturated heterocycles. The topological polar surface area (TPSA) is 124 Å². The third-order valence-electron chi connectivity index (χ3n) is 1.65. The zero-order chi connectivity index (χ0) is 12.1. The van der Waals surface area contributed by atoms with Crippen LogP contribution in [0.25, 0.3) is 0 Å². The second-order valence-electron chi connectivity index (χ2n) is 2.92. The van der Waals surface area contributed by atoms with Gasteiger partial charge in [0, 0.05) is 6.42 Å². The van der Waals surface area contributed by atoms with E-state index in [0.717, 1.165) is 7.11 Å². The van der Waals surface area contributed by atoms with E-state index in [1.165, 1.54) is 0 Å². The highest BCUT2D eigenvalue weighted by Crippen LogP contribution is 2.09. The number of nitrogens with two attached hydrogens (primary N) is 1. The molecule has 1 atom stereocenters. The predicted octanol–water partition coefficient (Wildman–Crippen LogP) is -1.42. The summed E-state index contributed by atoms with van der Waals surface area (Å²) in [6.07, 6.45) is -0.358. The van der Waals surface area contributed by atoms with Crippen LogP contribution in [0.15, 0.2) is 0 Å². The summed E-state index contributed by atoms with van der Waals surface area (Å²) < 4.78 is 33.9. The lowest BCUT2D eigenvalue weighted by Crippen LogP contribution is -2.29. The van der Waals surface area contributed by atoms with Crippen LogP contribution in [0, 0.1) is 5.92 Å². The van der Waals surface area contributed by atoms with Crippen LogP contribution in [-0.2, 0) is 24.4 Å². The first kappa shape index (κ1) is 14.0. The summed E-state index contributed by atoms with van der Waals surface area (Å²) in [6, 6.07) is 0. The average molecular weight is 239 g/mol. The monoisotopic (exact) mass is 239 g/mol. The summed E-state index contributed by atoms with van der Waals surface area (Å²) in [5.41, 5.74) is 5.01. The zero-order valence-corrected chi connectivity index (χ0v) is 8.99. The Labute approximate surface area is 87.3 Å². The molecule has 0 bridgehead atoms. The Balaban J connectivity index is 4.60. The quantitative estimate of drug-likeness (QED) is 0.430. The van der Waals surface area contributed by atoms with Crippen molar-refractivity contribution in [3.8, 4) is 0 Å². The molecular formula is C7H13NO6S. The van der Waals surface area contributed by atoms with Crippen LogP contribution < -0.4 is 5.73 Å². The molecule has 15 heavy (non-hydrogen) atoms. The summed E-state index contributed by atoms with van der Waals surface area (Å²) >= 11 is 0. The Bertz CT molecular complexity index is 335. The largest absolute Gasteiger partial charge is 0.469 e. The third kappa shape index (κ3) is 6.15. The molecule has 0 aromatic heterocycles. The highest BCUT2D eigenvalue weighted by atomic mass is 32.2. The SMILES string of the molecule is COC(=O)C(CC(=O)CN)CS(=O)(=O)O. The lowest BCUT2D eigenvalue weighted by molar-refractivity contribution is -0.146. The average Bonchev–Trinajstić information content (AvgIpc) is 2.13. The van der Waals surface area contributed by atoms with E-state index in [1.54, 1.807) is 0 Å². The molecule has 0 spiro atoms. The highest BCUT2D eigenvalue weighted by Gasteiger charge is 2.27. The minimum absolute atomic E-state index is 0.293. The molecule has 0 aromatic rings. The summed E-state index contributed by atoms with van der Waals surface area (Å²) in [4.78, 5) is 22.0. The van der Waals surface area contributed by atoms with Crippen LogP contribution in [0.1, 0.15) is 6.42 Å². The molecule has 0 aliphatic rings. The van der Waals surface area contributed by atoms with Gasteiger partial charge < -0.3 is 10.5 Å². The minimum atomic E-state index is -4.33. The molecule has 0 aromatic carbocycles. The number of rotatable bonds is 6. The molecule has 0 saturated carbocycles. The third-order valence-corrected chi connectivity index (χ3v) is 2.47. The van der Waals surface area contributed by atoms with Gasteiger partial charge in [-0.05, 0) is 0 Å². The maximum atomic E-state index is 11.1. The van der Waals surface area contributed by atoms with Crippen molar-refractivity contribution in [1.82, 2.24) is 0 Å². The number of Topliss-reactive ketones (excluding diaryl/α,β-unsaturated/α-hetero) is 1. The molecule has 3 N–H and O–H groups in total. The lowest BCUT2D eigenvalue weighted by Gasteiger charge is -2.11. The fourth-order valence-corrected chi connectivity index (χ4v) is 1.75. The van der Waals surface area contributed by atoms with Crippen LogP contribution >= 0.6 is 0 Å². The Kier molecular flexibility index (Phi) is 5.40. The van der Waals surface area contributed by atoms with Crippen molar-refractivity contribution in [1.29, 1.82) is 0 Å². The number of esters is 1. The van der Waals surface area contributed by atoms with Crippen molar-refractivity contribution in [2.24, 2.45) is 11.7 Å². The normalized spacial score (nSPS) is 13.3. The van der Waals surface area contributed by atoms with Crippen LogP contribution in [0.5, 0.6) is 0 Å². The van der Waals surface area contributed by atoms with E-state index in [0.29, 0.717) is 0 Å². The number of carbonyl (C=O) groups is 2. The van der Waals surface area contributed by atoms with Crippen molar-refractivity contribution in [3.05, 3.63) is 0 Å². The molecule has 0 heterocycles. The molecule has 0 amide bonds. The van der Waals surface area contributed by atoms with E-state index in [-0.39, 0.29) is 13.0 Å². The Morgan fingerprint density at radius 3 is 2.33 bits per heavy atom. The first-order valence-electron chi connectivity index (χ1n) is 4.05. The van der Waals surface area contributed by atoms with Gasteiger partial charge in [0.15, 0.2) is 0 Å². The second-order valence-corrected chi connectivity index (χ2v) is 4.41. The number of ketones is 1. The fourth-order valence-electron chi connectivity index (χ4n) is 0.989. The van der Waals surface area contributed by atoms with Gasteiger partial charge >= 0.3 is 5.97 Å². The van der Waals surface area contributed by atoms with E-state index in [4.69, 9.17) is 10.3 Å². The van der Waals surface area contributed by atoms with E-state index in [2.05, 4.69) is 4.74 Å². The van der Waals surface area contributed by atoms with Gasteiger partial charge in [0.1, 0.15) is 5.78 Å². The standard InChI is InChI=1S/C7H13NO6S/c1-14-7(10)5(2-6(9)3-8)4-15(11,12)13/h5H,2-4,8H2,1H3,(H,11,12,13). The number of hydrogen-bond donors (Lipinski definition) is 2. The molecule has 0 aliphatic heterocycles. The zero-order valence-electron chi connectivity index (χ0n) is 8.17. The highest BCUT2D eigenvalue weighted by molar-refractivity contribution is 7.85. The Morgan fingerprint density at radius 2 is 2.00 bits per heavy atom.